The molecule has 0 radical (unpaired) electrons. The van der Waals surface area contributed by atoms with Gasteiger partial charge in [0.2, 0.25) is 5.75 Å². The van der Waals surface area contributed by atoms with Crippen molar-refractivity contribution < 1.29 is 18.7 Å². The number of halogens is 2. The summed E-state index contributed by atoms with van der Waals surface area (Å²) in [6.07, 6.45) is 2.38. The first kappa shape index (κ1) is 12.1. The lowest BCUT2D eigenvalue weighted by Crippen LogP contribution is -2.01. The van der Waals surface area contributed by atoms with Crippen LogP contribution in [-0.4, -0.2) is 25.1 Å². The lowest BCUT2D eigenvalue weighted by atomic mass is 10.3. The molecule has 0 amide bonds. The number of rotatable bonds is 2. The van der Waals surface area contributed by atoms with Crippen LogP contribution < -0.4 is 10.5 Å². The Labute approximate surface area is 110 Å². The molecule has 7 nitrogen and oxygen atoms in total. The number of ether oxygens (including phenoxy) is 1. The number of benzene rings is 1. The highest BCUT2D eigenvalue weighted by Gasteiger charge is 2.22. The summed E-state index contributed by atoms with van der Waals surface area (Å²) in [5.41, 5.74) is 5.47. The quantitative estimate of drug-likeness (QED) is 0.547. The fraction of sp³-hybridized carbons (Fsp3) is 0. The number of nitrogen functional groups attached to an aromatic ring is 1. The molecule has 2 aliphatic heterocycles. The third kappa shape index (κ3) is 1.85. The topological polar surface area (TPSA) is 99.1 Å². The Kier molecular flexibility index (Phi) is 2.60. The van der Waals surface area contributed by atoms with Crippen LogP contribution in [0.15, 0.2) is 24.7 Å². The zero-order chi connectivity index (χ0) is 14.3. The third-order valence-corrected chi connectivity index (χ3v) is 2.52. The first-order chi connectivity index (χ1) is 9.56. The van der Waals surface area contributed by atoms with E-state index in [0.29, 0.717) is 4.73 Å². The van der Waals surface area contributed by atoms with Crippen molar-refractivity contribution >= 4 is 5.69 Å². The molecule has 1 aromatic carbocycles. The molecule has 0 aliphatic carbocycles. The van der Waals surface area contributed by atoms with Crippen LogP contribution in [0.25, 0.3) is 11.4 Å². The minimum Gasteiger partial charge on any atom is -0.430 e. The van der Waals surface area contributed by atoms with Crippen LogP contribution in [-0.2, 0) is 0 Å². The van der Waals surface area contributed by atoms with Gasteiger partial charge < -0.3 is 15.7 Å². The molecule has 0 bridgehead atoms. The Morgan fingerprint density at radius 1 is 1.20 bits per heavy atom. The highest BCUT2D eigenvalue weighted by atomic mass is 19.1. The van der Waals surface area contributed by atoms with E-state index in [-0.39, 0.29) is 23.0 Å². The number of aromatic nitrogens is 4. The van der Waals surface area contributed by atoms with Crippen LogP contribution in [0.4, 0.5) is 14.5 Å². The molecule has 0 aromatic heterocycles. The van der Waals surface area contributed by atoms with Gasteiger partial charge in [-0.3, -0.25) is 0 Å². The van der Waals surface area contributed by atoms with Gasteiger partial charge in [-0.2, -0.15) is 4.73 Å². The first-order valence-corrected chi connectivity index (χ1v) is 5.36. The molecule has 9 heteroatoms. The van der Waals surface area contributed by atoms with Crippen molar-refractivity contribution in [3.8, 4) is 23.0 Å². The molecule has 20 heavy (non-hydrogen) atoms. The van der Waals surface area contributed by atoms with Crippen LogP contribution in [0.1, 0.15) is 0 Å². The van der Waals surface area contributed by atoms with Crippen molar-refractivity contribution in [3.63, 3.8) is 0 Å². The maximum Gasteiger partial charge on any atom is 0.269 e. The van der Waals surface area contributed by atoms with Gasteiger partial charge in [0.15, 0.2) is 17.3 Å². The van der Waals surface area contributed by atoms with Crippen LogP contribution in [0.5, 0.6) is 11.6 Å². The zero-order valence-electron chi connectivity index (χ0n) is 9.79. The largest absolute Gasteiger partial charge is 0.430 e. The van der Waals surface area contributed by atoms with E-state index in [2.05, 4.69) is 15.2 Å². The zero-order valence-corrected chi connectivity index (χ0v) is 9.79. The first-order valence-electron chi connectivity index (χ1n) is 5.36. The third-order valence-electron chi connectivity index (χ3n) is 2.52. The summed E-state index contributed by atoms with van der Waals surface area (Å²) < 4.78 is 32.9. The number of fused-ring (bicyclic) bond motifs is 1. The SMILES string of the molecule is Nc1cc(F)c(Oc2nnc3cncn(O)c2-3)c(F)c1. The molecule has 2 aliphatic rings. The molecule has 0 spiro atoms. The maximum absolute atomic E-state index is 13.6. The van der Waals surface area contributed by atoms with Gasteiger partial charge in [0.05, 0.1) is 6.20 Å². The van der Waals surface area contributed by atoms with Crippen LogP contribution in [0.2, 0.25) is 0 Å². The molecule has 3 rings (SSSR count). The Morgan fingerprint density at radius 3 is 2.60 bits per heavy atom. The summed E-state index contributed by atoms with van der Waals surface area (Å²) in [6, 6.07) is 1.82. The maximum atomic E-state index is 13.6. The van der Waals surface area contributed by atoms with E-state index < -0.39 is 17.4 Å². The van der Waals surface area contributed by atoms with Crippen LogP contribution >= 0.6 is 0 Å². The van der Waals surface area contributed by atoms with E-state index in [1.54, 1.807) is 0 Å². The van der Waals surface area contributed by atoms with Gasteiger partial charge >= 0.3 is 0 Å². The minimum absolute atomic E-state index is 0.0376. The summed E-state index contributed by atoms with van der Waals surface area (Å²) in [5.74, 6) is -2.92. The molecule has 102 valence electrons. The molecule has 0 saturated carbocycles. The van der Waals surface area contributed by atoms with Crippen molar-refractivity contribution in [1.29, 1.82) is 0 Å². The average molecular weight is 279 g/mol. The summed E-state index contributed by atoms with van der Waals surface area (Å²) in [6.45, 7) is 0. The normalized spacial score (nSPS) is 10.9. The summed E-state index contributed by atoms with van der Waals surface area (Å²) in [7, 11) is 0. The standard InChI is InChI=1S/C11H7F2N5O2/c12-6-1-5(14)2-7(13)10(6)20-11-9-8(16-17-11)3-15-4-18(9)19/h1-4,19H,14H2. The van der Waals surface area contributed by atoms with Gasteiger partial charge in [0.1, 0.15) is 12.0 Å². The van der Waals surface area contributed by atoms with Gasteiger partial charge in [-0.05, 0) is 0 Å². The van der Waals surface area contributed by atoms with E-state index >= 15 is 0 Å². The summed E-state index contributed by atoms with van der Waals surface area (Å²) in [4.78, 5) is 3.67. The fourth-order valence-electron chi connectivity index (χ4n) is 1.67. The van der Waals surface area contributed by atoms with Gasteiger partial charge in [-0.1, -0.05) is 0 Å². The molecule has 0 saturated heterocycles. The predicted octanol–water partition coefficient (Wildman–Crippen LogP) is 1.67. The predicted molar refractivity (Wildman–Crippen MR) is 62.5 cm³/mol. The highest BCUT2D eigenvalue weighted by molar-refractivity contribution is 5.61. The highest BCUT2D eigenvalue weighted by Crippen LogP contribution is 2.34. The molecule has 0 atom stereocenters. The van der Waals surface area contributed by atoms with E-state index in [4.69, 9.17) is 10.5 Å². The van der Waals surface area contributed by atoms with E-state index in [1.165, 1.54) is 6.20 Å². The van der Waals surface area contributed by atoms with Crippen molar-refractivity contribution in [1.82, 2.24) is 19.9 Å². The number of anilines is 1. The number of nitrogens with two attached hydrogens (primary N) is 1. The lowest BCUT2D eigenvalue weighted by Gasteiger charge is -2.08. The fourth-order valence-corrected chi connectivity index (χ4v) is 1.67. The Balaban J connectivity index is 2.07. The van der Waals surface area contributed by atoms with Gasteiger partial charge in [-0.15, -0.1) is 10.2 Å². The Bertz CT molecular complexity index is 738. The minimum atomic E-state index is -0.989. The second-order valence-electron chi connectivity index (χ2n) is 3.89. The van der Waals surface area contributed by atoms with Crippen LogP contribution in [0.3, 0.4) is 0 Å². The molecule has 1 aromatic rings. The molecular weight excluding hydrogens is 272 g/mol. The molecule has 2 heterocycles. The monoisotopic (exact) mass is 279 g/mol. The van der Waals surface area contributed by atoms with Gasteiger partial charge in [0.25, 0.3) is 5.88 Å². The number of hydrogen-bond acceptors (Lipinski definition) is 6. The van der Waals surface area contributed by atoms with E-state index in [1.807, 2.05) is 0 Å². The Hall–Kier alpha value is -2.97. The summed E-state index contributed by atoms with van der Waals surface area (Å²) in [5, 5.41) is 16.9. The van der Waals surface area contributed by atoms with Crippen LogP contribution in [0, 0.1) is 11.6 Å². The number of nitrogens with zero attached hydrogens (tertiary/aromatic N) is 4. The molecule has 3 N–H and O–H groups in total. The van der Waals surface area contributed by atoms with E-state index in [9.17, 15) is 14.0 Å². The number of hydrogen-bond donors (Lipinski definition) is 2. The van der Waals surface area contributed by atoms with E-state index in [0.717, 1.165) is 18.5 Å². The second-order valence-corrected chi connectivity index (χ2v) is 3.89. The van der Waals surface area contributed by atoms with Gasteiger partial charge in [-0.25, -0.2) is 13.8 Å². The molecule has 0 fully saturated rings. The average Bonchev–Trinajstić information content (AvgIpc) is 2.78. The summed E-state index contributed by atoms with van der Waals surface area (Å²) >= 11 is 0. The van der Waals surface area contributed by atoms with Crippen molar-refractivity contribution in [3.05, 3.63) is 36.3 Å². The second kappa shape index (κ2) is 4.30. The van der Waals surface area contributed by atoms with Crippen molar-refractivity contribution in [2.24, 2.45) is 0 Å². The molecular formula is C11H7F2N5O2. The van der Waals surface area contributed by atoms with Crippen molar-refractivity contribution in [2.45, 2.75) is 0 Å². The lowest BCUT2D eigenvalue weighted by molar-refractivity contribution is 0.183. The van der Waals surface area contributed by atoms with Crippen molar-refractivity contribution in [2.75, 3.05) is 5.73 Å². The smallest absolute Gasteiger partial charge is 0.269 e. The Morgan fingerprint density at radius 2 is 1.90 bits per heavy atom. The molecule has 0 unspecified atom stereocenters. The van der Waals surface area contributed by atoms with Gasteiger partial charge in [0, 0.05) is 17.8 Å².